The fourth-order valence-electron chi connectivity index (χ4n) is 2.83. The SMILES string of the molecule is O=C(CCNC(=O)/C(=C\c1cccc([N+](=O)[O-])c1)NC(=O)c1ccco1)OCc1ccccc1. The number of carbonyl (C=O) groups excluding carboxylic acids is 3. The van der Waals surface area contributed by atoms with E-state index in [2.05, 4.69) is 10.6 Å². The van der Waals surface area contributed by atoms with Crippen LogP contribution in [-0.2, 0) is 20.9 Å². The highest BCUT2D eigenvalue weighted by atomic mass is 16.6. The Hall–Kier alpha value is -4.73. The lowest BCUT2D eigenvalue weighted by molar-refractivity contribution is -0.384. The molecule has 2 amide bonds. The number of nitrogens with one attached hydrogen (secondary N) is 2. The molecule has 0 atom stereocenters. The Morgan fingerprint density at radius 3 is 2.53 bits per heavy atom. The second-order valence-electron chi connectivity index (χ2n) is 6.99. The van der Waals surface area contributed by atoms with E-state index in [1.54, 1.807) is 6.07 Å². The smallest absolute Gasteiger partial charge is 0.307 e. The van der Waals surface area contributed by atoms with E-state index in [0.717, 1.165) is 5.56 Å². The van der Waals surface area contributed by atoms with Crippen molar-refractivity contribution in [2.45, 2.75) is 13.0 Å². The molecule has 3 rings (SSSR count). The van der Waals surface area contributed by atoms with Gasteiger partial charge in [-0.2, -0.15) is 0 Å². The molecule has 10 nitrogen and oxygen atoms in total. The van der Waals surface area contributed by atoms with E-state index >= 15 is 0 Å². The summed E-state index contributed by atoms with van der Waals surface area (Å²) in [6.07, 6.45) is 2.51. The molecule has 0 aliphatic heterocycles. The van der Waals surface area contributed by atoms with Crippen LogP contribution < -0.4 is 10.6 Å². The van der Waals surface area contributed by atoms with Crippen molar-refractivity contribution in [1.82, 2.24) is 10.6 Å². The van der Waals surface area contributed by atoms with Crippen LogP contribution in [0.25, 0.3) is 6.08 Å². The van der Waals surface area contributed by atoms with Crippen molar-refractivity contribution < 1.29 is 28.5 Å². The normalized spacial score (nSPS) is 10.9. The van der Waals surface area contributed by atoms with E-state index in [0.29, 0.717) is 5.56 Å². The molecule has 10 heteroatoms. The summed E-state index contributed by atoms with van der Waals surface area (Å²) in [7, 11) is 0. The van der Waals surface area contributed by atoms with Crippen molar-refractivity contribution in [3.8, 4) is 0 Å². The molecule has 0 radical (unpaired) electrons. The van der Waals surface area contributed by atoms with E-state index in [1.165, 1.54) is 42.7 Å². The van der Waals surface area contributed by atoms with E-state index in [1.807, 2.05) is 30.3 Å². The monoisotopic (exact) mass is 463 g/mol. The second-order valence-corrected chi connectivity index (χ2v) is 6.99. The lowest BCUT2D eigenvalue weighted by atomic mass is 10.1. The molecule has 174 valence electrons. The fraction of sp³-hybridized carbons (Fsp3) is 0.125. The molecule has 0 bridgehead atoms. The number of hydrogen-bond acceptors (Lipinski definition) is 7. The summed E-state index contributed by atoms with van der Waals surface area (Å²) < 4.78 is 10.2. The number of furan rings is 1. The average molecular weight is 463 g/mol. The highest BCUT2D eigenvalue weighted by Gasteiger charge is 2.17. The molecule has 2 N–H and O–H groups in total. The maximum Gasteiger partial charge on any atom is 0.307 e. The second kappa shape index (κ2) is 11.8. The Kier molecular flexibility index (Phi) is 8.28. The molecule has 2 aromatic carbocycles. The first kappa shape index (κ1) is 23.9. The Bertz CT molecular complexity index is 1190. The van der Waals surface area contributed by atoms with Gasteiger partial charge in [0.05, 0.1) is 17.6 Å². The molecule has 1 aromatic heterocycles. The van der Waals surface area contributed by atoms with Gasteiger partial charge in [0.1, 0.15) is 12.3 Å². The molecule has 3 aromatic rings. The Balaban J connectivity index is 1.64. The lowest BCUT2D eigenvalue weighted by Crippen LogP contribution is -2.35. The highest BCUT2D eigenvalue weighted by Crippen LogP contribution is 2.15. The summed E-state index contributed by atoms with van der Waals surface area (Å²) in [5.41, 5.74) is 0.802. The zero-order chi connectivity index (χ0) is 24.3. The van der Waals surface area contributed by atoms with E-state index in [-0.39, 0.29) is 36.7 Å². The molecular formula is C24H21N3O7. The van der Waals surface area contributed by atoms with Crippen LogP contribution in [0.5, 0.6) is 0 Å². The summed E-state index contributed by atoms with van der Waals surface area (Å²) in [4.78, 5) is 47.5. The first-order valence-corrected chi connectivity index (χ1v) is 10.2. The van der Waals surface area contributed by atoms with Crippen LogP contribution in [0.1, 0.15) is 28.1 Å². The minimum Gasteiger partial charge on any atom is -0.461 e. The Labute approximate surface area is 194 Å². The first-order chi connectivity index (χ1) is 16.4. The van der Waals surface area contributed by atoms with Crippen LogP contribution in [0, 0.1) is 10.1 Å². The molecule has 0 saturated carbocycles. The number of benzene rings is 2. The molecule has 34 heavy (non-hydrogen) atoms. The van der Waals surface area contributed by atoms with Crippen molar-refractivity contribution in [3.05, 3.63) is 106 Å². The molecule has 0 aliphatic carbocycles. The van der Waals surface area contributed by atoms with Gasteiger partial charge in [-0.15, -0.1) is 0 Å². The Morgan fingerprint density at radius 1 is 1.03 bits per heavy atom. The van der Waals surface area contributed by atoms with E-state index in [4.69, 9.17) is 9.15 Å². The number of esters is 1. The topological polar surface area (TPSA) is 141 Å². The number of nitro benzene ring substituents is 1. The number of ether oxygens (including phenoxy) is 1. The first-order valence-electron chi connectivity index (χ1n) is 10.2. The molecule has 0 aliphatic rings. The van der Waals surface area contributed by atoms with Gasteiger partial charge >= 0.3 is 5.97 Å². The van der Waals surface area contributed by atoms with Gasteiger partial charge in [0, 0.05) is 18.7 Å². The van der Waals surface area contributed by atoms with Gasteiger partial charge in [-0.05, 0) is 29.3 Å². The van der Waals surface area contributed by atoms with E-state index in [9.17, 15) is 24.5 Å². The van der Waals surface area contributed by atoms with Gasteiger partial charge in [0.2, 0.25) is 0 Å². The zero-order valence-electron chi connectivity index (χ0n) is 17.9. The number of hydrogen-bond donors (Lipinski definition) is 2. The summed E-state index contributed by atoms with van der Waals surface area (Å²) >= 11 is 0. The van der Waals surface area contributed by atoms with Crippen LogP contribution in [0.2, 0.25) is 0 Å². The summed E-state index contributed by atoms with van der Waals surface area (Å²) in [6, 6.07) is 17.6. The molecule has 1 heterocycles. The third-order valence-electron chi connectivity index (χ3n) is 4.49. The predicted octanol–water partition coefficient (Wildman–Crippen LogP) is 3.21. The van der Waals surface area contributed by atoms with Crippen LogP contribution in [0.4, 0.5) is 5.69 Å². The molecule has 0 unspecified atom stereocenters. The number of nitrogens with zero attached hydrogens (tertiary/aromatic N) is 1. The van der Waals surface area contributed by atoms with Crippen molar-refractivity contribution in [1.29, 1.82) is 0 Å². The molecule has 0 spiro atoms. The highest BCUT2D eigenvalue weighted by molar-refractivity contribution is 6.04. The van der Waals surface area contributed by atoms with Gasteiger partial charge in [0.15, 0.2) is 5.76 Å². The van der Waals surface area contributed by atoms with Crippen molar-refractivity contribution in [3.63, 3.8) is 0 Å². The van der Waals surface area contributed by atoms with Crippen molar-refractivity contribution in [2.24, 2.45) is 0 Å². The van der Waals surface area contributed by atoms with Gasteiger partial charge in [-0.3, -0.25) is 24.5 Å². The van der Waals surface area contributed by atoms with Crippen molar-refractivity contribution in [2.75, 3.05) is 6.54 Å². The average Bonchev–Trinajstić information content (AvgIpc) is 3.38. The Morgan fingerprint density at radius 2 is 1.82 bits per heavy atom. The minimum absolute atomic E-state index is 0.0257. The van der Waals surface area contributed by atoms with Crippen LogP contribution in [0.3, 0.4) is 0 Å². The van der Waals surface area contributed by atoms with Crippen LogP contribution in [-0.4, -0.2) is 29.3 Å². The quantitative estimate of drug-likeness (QED) is 0.204. The number of nitro groups is 1. The van der Waals surface area contributed by atoms with Gasteiger partial charge in [-0.25, -0.2) is 0 Å². The van der Waals surface area contributed by atoms with E-state index < -0.39 is 22.7 Å². The largest absolute Gasteiger partial charge is 0.461 e. The van der Waals surface area contributed by atoms with Crippen LogP contribution >= 0.6 is 0 Å². The van der Waals surface area contributed by atoms with Gasteiger partial charge in [-0.1, -0.05) is 42.5 Å². The minimum atomic E-state index is -0.692. The van der Waals surface area contributed by atoms with Crippen molar-refractivity contribution >= 4 is 29.5 Å². The standard InChI is InChI=1S/C24H21N3O7/c28-22(34-16-17-6-2-1-3-7-17)11-12-25-23(29)20(26-24(30)21-10-5-13-33-21)15-18-8-4-9-19(14-18)27(31)32/h1-10,13-15H,11-12,16H2,(H,25,29)(H,26,30)/b20-15+. The molecule has 0 saturated heterocycles. The van der Waals surface area contributed by atoms with Crippen LogP contribution in [0.15, 0.2) is 83.1 Å². The number of amides is 2. The number of rotatable bonds is 10. The fourth-order valence-corrected chi connectivity index (χ4v) is 2.83. The summed E-state index contributed by atoms with van der Waals surface area (Å²) in [5.74, 6) is -1.91. The van der Waals surface area contributed by atoms with Gasteiger partial charge < -0.3 is 19.8 Å². The summed E-state index contributed by atoms with van der Waals surface area (Å²) in [5, 5.41) is 16.0. The lowest BCUT2D eigenvalue weighted by Gasteiger charge is -2.10. The molecule has 0 fully saturated rings. The van der Waals surface area contributed by atoms with Gasteiger partial charge in [0.25, 0.3) is 17.5 Å². The maximum absolute atomic E-state index is 12.7. The maximum atomic E-state index is 12.7. The third-order valence-corrected chi connectivity index (χ3v) is 4.49. The third kappa shape index (κ3) is 7.16. The summed E-state index contributed by atoms with van der Waals surface area (Å²) in [6.45, 7) is 0.0696. The zero-order valence-corrected chi connectivity index (χ0v) is 17.9. The number of carbonyl (C=O) groups is 3. The number of non-ortho nitro benzene ring substituents is 1. The predicted molar refractivity (Wildman–Crippen MR) is 121 cm³/mol. The molecular weight excluding hydrogens is 442 g/mol.